The van der Waals surface area contributed by atoms with Crippen LogP contribution in [0.5, 0.6) is 0 Å². The van der Waals surface area contributed by atoms with E-state index in [9.17, 15) is 14.4 Å². The molecule has 6 atom stereocenters. The Bertz CT molecular complexity index is 900. The summed E-state index contributed by atoms with van der Waals surface area (Å²) in [6, 6.07) is 6.01. The van der Waals surface area contributed by atoms with Crippen molar-refractivity contribution in [2.45, 2.75) is 32.1 Å². The molecular weight excluding hydrogens is 352 g/mol. The van der Waals surface area contributed by atoms with Crippen molar-refractivity contribution in [2.24, 2.45) is 35.5 Å². The quantitative estimate of drug-likeness (QED) is 0.651. The Morgan fingerprint density at radius 2 is 1.68 bits per heavy atom. The van der Waals surface area contributed by atoms with Crippen LogP contribution in [0.4, 0.5) is 5.69 Å². The van der Waals surface area contributed by atoms with E-state index >= 15 is 0 Å². The van der Waals surface area contributed by atoms with Crippen LogP contribution in [0, 0.1) is 35.5 Å². The van der Waals surface area contributed by atoms with E-state index in [0.29, 0.717) is 11.8 Å². The van der Waals surface area contributed by atoms with E-state index in [1.807, 2.05) is 12.1 Å². The van der Waals surface area contributed by atoms with Gasteiger partial charge in [0, 0.05) is 5.69 Å². The van der Waals surface area contributed by atoms with Gasteiger partial charge in [0.15, 0.2) is 0 Å². The van der Waals surface area contributed by atoms with Crippen molar-refractivity contribution in [3.63, 3.8) is 0 Å². The minimum Gasteiger partial charge on any atom is -0.324 e. The van der Waals surface area contributed by atoms with Crippen LogP contribution in [0.25, 0.3) is 0 Å². The molecule has 3 amide bonds. The van der Waals surface area contributed by atoms with Gasteiger partial charge in [-0.1, -0.05) is 24.3 Å². The minimum atomic E-state index is -0.273. The van der Waals surface area contributed by atoms with Crippen LogP contribution in [-0.4, -0.2) is 29.2 Å². The lowest BCUT2D eigenvalue weighted by Gasteiger charge is -2.37. The molecule has 3 fully saturated rings. The van der Waals surface area contributed by atoms with Gasteiger partial charge in [-0.3, -0.25) is 19.3 Å². The van der Waals surface area contributed by atoms with Gasteiger partial charge in [-0.25, -0.2) is 0 Å². The smallest absolute Gasteiger partial charge is 0.244 e. The number of hydrogen-bond donors (Lipinski definition) is 1. The summed E-state index contributed by atoms with van der Waals surface area (Å²) >= 11 is 0. The van der Waals surface area contributed by atoms with E-state index in [2.05, 4.69) is 23.5 Å². The van der Waals surface area contributed by atoms with Crippen molar-refractivity contribution in [2.75, 3.05) is 11.9 Å². The SMILES string of the molecule is O=C(CN1C(=O)[C@@H]2[C@H]3C=C[C@@H]([C@@H]4C[C@H]34)[C@H]2C1=O)Nc1cccc2c1CCCC2. The zero-order valence-electron chi connectivity index (χ0n) is 15.8. The molecule has 7 rings (SSSR count). The molecule has 28 heavy (non-hydrogen) atoms. The fourth-order valence-corrected chi connectivity index (χ4v) is 6.41. The minimum absolute atomic E-state index is 0.134. The van der Waals surface area contributed by atoms with E-state index in [-0.39, 0.29) is 47.9 Å². The van der Waals surface area contributed by atoms with Crippen molar-refractivity contribution in [1.82, 2.24) is 4.90 Å². The van der Waals surface area contributed by atoms with Crippen LogP contribution in [0.15, 0.2) is 30.4 Å². The molecule has 144 valence electrons. The lowest BCUT2D eigenvalue weighted by Crippen LogP contribution is -2.40. The van der Waals surface area contributed by atoms with E-state index in [1.54, 1.807) is 0 Å². The summed E-state index contributed by atoms with van der Waals surface area (Å²) in [6.07, 6.45) is 9.79. The van der Waals surface area contributed by atoms with Crippen LogP contribution in [0.3, 0.4) is 0 Å². The highest BCUT2D eigenvalue weighted by Crippen LogP contribution is 2.65. The molecule has 1 heterocycles. The number of allylic oxidation sites excluding steroid dienone is 2. The first kappa shape index (κ1) is 16.5. The maximum Gasteiger partial charge on any atom is 0.244 e. The number of aryl methyl sites for hydroxylation is 1. The number of nitrogens with one attached hydrogen (secondary N) is 1. The number of anilines is 1. The first-order valence-electron chi connectivity index (χ1n) is 10.6. The molecule has 5 aliphatic carbocycles. The number of carbonyl (C=O) groups is 3. The van der Waals surface area contributed by atoms with Crippen LogP contribution in [0.1, 0.15) is 30.4 Å². The Morgan fingerprint density at radius 1 is 1.00 bits per heavy atom. The van der Waals surface area contributed by atoms with Gasteiger partial charge in [-0.05, 0) is 73.0 Å². The maximum absolute atomic E-state index is 13.0. The molecule has 2 bridgehead atoms. The van der Waals surface area contributed by atoms with Gasteiger partial charge >= 0.3 is 0 Å². The van der Waals surface area contributed by atoms with Crippen molar-refractivity contribution in [3.05, 3.63) is 41.5 Å². The van der Waals surface area contributed by atoms with Gasteiger partial charge in [-0.15, -0.1) is 0 Å². The van der Waals surface area contributed by atoms with Crippen LogP contribution in [0.2, 0.25) is 0 Å². The second-order valence-corrected chi connectivity index (χ2v) is 9.12. The predicted octanol–water partition coefficient (Wildman–Crippen LogP) is 2.56. The fraction of sp³-hybridized carbons (Fsp3) is 0.522. The monoisotopic (exact) mass is 376 g/mol. The molecule has 2 saturated carbocycles. The van der Waals surface area contributed by atoms with Crippen molar-refractivity contribution in [3.8, 4) is 0 Å². The summed E-state index contributed by atoms with van der Waals surface area (Å²) in [5.41, 5.74) is 3.34. The number of hydrogen-bond acceptors (Lipinski definition) is 3. The fourth-order valence-electron chi connectivity index (χ4n) is 6.41. The molecule has 1 saturated heterocycles. The largest absolute Gasteiger partial charge is 0.324 e. The lowest BCUT2D eigenvalue weighted by atomic mass is 9.63. The Morgan fingerprint density at radius 3 is 2.39 bits per heavy atom. The molecule has 1 aromatic carbocycles. The molecule has 6 aliphatic rings. The third kappa shape index (κ3) is 2.22. The van der Waals surface area contributed by atoms with Crippen molar-refractivity contribution >= 4 is 23.4 Å². The van der Waals surface area contributed by atoms with E-state index in [1.165, 1.54) is 22.4 Å². The highest BCUT2D eigenvalue weighted by Gasteiger charge is 2.67. The highest BCUT2D eigenvalue weighted by molar-refractivity contribution is 6.09. The number of benzene rings is 1. The van der Waals surface area contributed by atoms with Crippen molar-refractivity contribution < 1.29 is 14.4 Å². The molecule has 5 heteroatoms. The van der Waals surface area contributed by atoms with Gasteiger partial charge < -0.3 is 5.32 Å². The summed E-state index contributed by atoms with van der Waals surface area (Å²) < 4.78 is 0. The number of amides is 3. The molecule has 0 unspecified atom stereocenters. The van der Waals surface area contributed by atoms with Crippen LogP contribution >= 0.6 is 0 Å². The third-order valence-electron chi connectivity index (χ3n) is 7.73. The number of rotatable bonds is 3. The first-order valence-corrected chi connectivity index (χ1v) is 10.6. The Kier molecular flexibility index (Phi) is 3.41. The molecule has 0 radical (unpaired) electrons. The van der Waals surface area contributed by atoms with Crippen LogP contribution in [-0.2, 0) is 27.2 Å². The molecule has 1 aromatic rings. The third-order valence-corrected chi connectivity index (χ3v) is 7.73. The van der Waals surface area contributed by atoms with Crippen molar-refractivity contribution in [1.29, 1.82) is 0 Å². The summed E-state index contributed by atoms with van der Waals surface area (Å²) in [7, 11) is 0. The molecule has 5 nitrogen and oxygen atoms in total. The number of nitrogens with zero attached hydrogens (tertiary/aromatic N) is 1. The Balaban J connectivity index is 1.20. The van der Waals surface area contributed by atoms with E-state index in [4.69, 9.17) is 0 Å². The predicted molar refractivity (Wildman–Crippen MR) is 103 cm³/mol. The average Bonchev–Trinajstić information content (AvgIpc) is 3.49. The number of imide groups is 1. The normalized spacial score (nSPS) is 36.8. The van der Waals surface area contributed by atoms with Crippen LogP contribution < -0.4 is 5.32 Å². The van der Waals surface area contributed by atoms with E-state index < -0.39 is 0 Å². The molecule has 0 aromatic heterocycles. The second-order valence-electron chi connectivity index (χ2n) is 9.12. The zero-order chi connectivity index (χ0) is 19.0. The number of fused-ring (bicyclic) bond motifs is 1. The number of likely N-dealkylation sites (tertiary alicyclic amines) is 1. The summed E-state index contributed by atoms with van der Waals surface area (Å²) in [6.45, 7) is -0.164. The van der Waals surface area contributed by atoms with Gasteiger partial charge in [-0.2, -0.15) is 0 Å². The second kappa shape index (κ2) is 5.79. The molecular formula is C23H24N2O3. The van der Waals surface area contributed by atoms with Gasteiger partial charge in [0.05, 0.1) is 11.8 Å². The van der Waals surface area contributed by atoms with Gasteiger partial charge in [0.1, 0.15) is 6.54 Å². The Labute approximate surface area is 164 Å². The lowest BCUT2D eigenvalue weighted by molar-refractivity contribution is -0.142. The Hall–Kier alpha value is -2.43. The number of carbonyl (C=O) groups excluding carboxylic acids is 3. The molecule has 1 N–H and O–H groups in total. The van der Waals surface area contributed by atoms with Gasteiger partial charge in [0.25, 0.3) is 0 Å². The zero-order valence-corrected chi connectivity index (χ0v) is 15.8. The van der Waals surface area contributed by atoms with Gasteiger partial charge in [0.2, 0.25) is 17.7 Å². The summed E-state index contributed by atoms with van der Waals surface area (Å²) in [5.74, 6) is 0.554. The topological polar surface area (TPSA) is 66.5 Å². The van der Waals surface area contributed by atoms with E-state index in [0.717, 1.165) is 31.4 Å². The summed E-state index contributed by atoms with van der Waals surface area (Å²) in [4.78, 5) is 40.0. The summed E-state index contributed by atoms with van der Waals surface area (Å²) in [5, 5.41) is 2.97. The molecule has 1 aliphatic heterocycles. The maximum atomic E-state index is 13.0. The average molecular weight is 376 g/mol. The first-order chi connectivity index (χ1) is 13.6. The standard InChI is InChI=1S/C23H24N2O3/c26-19(24-18-7-3-5-12-4-1-2-6-13(12)18)11-25-22(27)20-14-8-9-15(17-10-16(14)17)21(20)23(25)28/h3,5,7-9,14-17,20-21H,1-2,4,6,10-11H2,(H,24,26)/t14-,15-,16-,17+,20+,21+/m0/s1. The highest BCUT2D eigenvalue weighted by atomic mass is 16.2. The molecule has 0 spiro atoms.